The van der Waals surface area contributed by atoms with Gasteiger partial charge < -0.3 is 20.1 Å². The van der Waals surface area contributed by atoms with Gasteiger partial charge in [0, 0.05) is 6.54 Å². The smallest absolute Gasteiger partial charge is 0.251 e. The molecule has 2 saturated heterocycles. The summed E-state index contributed by atoms with van der Waals surface area (Å²) in [5, 5.41) is 6.18. The highest BCUT2D eigenvalue weighted by molar-refractivity contribution is 5.80. The van der Waals surface area contributed by atoms with E-state index in [1.165, 1.54) is 0 Å². The lowest BCUT2D eigenvalue weighted by molar-refractivity contribution is -0.147. The molecule has 2 rings (SSSR count). The van der Waals surface area contributed by atoms with Crippen molar-refractivity contribution < 1.29 is 14.3 Å². The van der Waals surface area contributed by atoms with Gasteiger partial charge in [-0.05, 0) is 25.4 Å². The zero-order valence-corrected chi connectivity index (χ0v) is 8.83. The van der Waals surface area contributed by atoms with Crippen LogP contribution >= 0.6 is 0 Å². The molecule has 2 atom stereocenters. The number of carbonyl (C=O) groups excluding carboxylic acids is 1. The number of carbonyl (C=O) groups is 1. The summed E-state index contributed by atoms with van der Waals surface area (Å²) in [5.41, 5.74) is 0. The third-order valence-corrected chi connectivity index (χ3v) is 2.84. The van der Waals surface area contributed by atoms with E-state index in [-0.39, 0.29) is 5.91 Å². The Bertz CT molecular complexity index is 211. The van der Waals surface area contributed by atoms with Crippen LogP contribution < -0.4 is 10.6 Å². The summed E-state index contributed by atoms with van der Waals surface area (Å²) in [6, 6.07) is 0. The zero-order chi connectivity index (χ0) is 10.5. The Hall–Kier alpha value is -0.650. The summed E-state index contributed by atoms with van der Waals surface area (Å²) in [5.74, 6) is 0.528. The van der Waals surface area contributed by atoms with Crippen molar-refractivity contribution in [2.75, 3.05) is 39.5 Å². The van der Waals surface area contributed by atoms with Gasteiger partial charge in [0.1, 0.15) is 0 Å². The van der Waals surface area contributed by atoms with Crippen molar-refractivity contribution in [1.82, 2.24) is 10.6 Å². The van der Waals surface area contributed by atoms with Crippen molar-refractivity contribution in [3.8, 4) is 0 Å². The molecule has 15 heavy (non-hydrogen) atoms. The van der Waals surface area contributed by atoms with Crippen LogP contribution in [0.1, 0.15) is 6.42 Å². The number of amides is 1. The van der Waals surface area contributed by atoms with E-state index in [0.29, 0.717) is 25.7 Å². The van der Waals surface area contributed by atoms with Crippen molar-refractivity contribution in [2.45, 2.75) is 12.5 Å². The first-order valence-corrected chi connectivity index (χ1v) is 5.54. The molecule has 0 saturated carbocycles. The SMILES string of the molecule is O=C(NCC1CCNC1)C1COCCO1. The van der Waals surface area contributed by atoms with E-state index >= 15 is 0 Å². The number of hydrogen-bond acceptors (Lipinski definition) is 4. The number of rotatable bonds is 3. The summed E-state index contributed by atoms with van der Waals surface area (Å²) in [6.45, 7) is 4.30. The van der Waals surface area contributed by atoms with Gasteiger partial charge in [-0.1, -0.05) is 0 Å². The summed E-state index contributed by atoms with van der Waals surface area (Å²) < 4.78 is 10.5. The van der Waals surface area contributed by atoms with Gasteiger partial charge in [0.15, 0.2) is 6.10 Å². The second-order valence-electron chi connectivity index (χ2n) is 4.04. The standard InChI is InChI=1S/C10H18N2O3/c13-10(9-7-14-3-4-15-9)12-6-8-1-2-11-5-8/h8-9,11H,1-7H2,(H,12,13). The molecular weight excluding hydrogens is 196 g/mol. The van der Waals surface area contributed by atoms with Gasteiger partial charge in [-0.15, -0.1) is 0 Å². The summed E-state index contributed by atoms with van der Waals surface area (Å²) in [4.78, 5) is 11.6. The van der Waals surface area contributed by atoms with Gasteiger partial charge in [-0.3, -0.25) is 4.79 Å². The first kappa shape index (κ1) is 10.9. The molecule has 2 fully saturated rings. The largest absolute Gasteiger partial charge is 0.376 e. The van der Waals surface area contributed by atoms with E-state index in [0.717, 1.165) is 26.1 Å². The van der Waals surface area contributed by atoms with E-state index in [2.05, 4.69) is 10.6 Å². The minimum atomic E-state index is -0.409. The molecule has 2 aliphatic rings. The van der Waals surface area contributed by atoms with Crippen molar-refractivity contribution in [2.24, 2.45) is 5.92 Å². The fourth-order valence-electron chi connectivity index (χ4n) is 1.89. The lowest BCUT2D eigenvalue weighted by Crippen LogP contribution is -2.44. The molecule has 0 spiro atoms. The number of ether oxygens (including phenoxy) is 2. The molecule has 5 nitrogen and oxygen atoms in total. The topological polar surface area (TPSA) is 59.6 Å². The lowest BCUT2D eigenvalue weighted by atomic mass is 10.1. The first-order chi connectivity index (χ1) is 7.36. The quantitative estimate of drug-likeness (QED) is 0.641. The minimum absolute atomic E-state index is 0.0402. The van der Waals surface area contributed by atoms with Crippen LogP contribution in [0.15, 0.2) is 0 Å². The van der Waals surface area contributed by atoms with Crippen LogP contribution in [-0.4, -0.2) is 51.5 Å². The maximum atomic E-state index is 11.6. The van der Waals surface area contributed by atoms with Gasteiger partial charge in [-0.2, -0.15) is 0 Å². The normalized spacial score (nSPS) is 31.5. The highest BCUT2D eigenvalue weighted by atomic mass is 16.6. The zero-order valence-electron chi connectivity index (χ0n) is 8.83. The molecule has 0 aromatic carbocycles. The molecule has 2 heterocycles. The summed E-state index contributed by atoms with van der Waals surface area (Å²) in [6.07, 6.45) is 0.732. The molecule has 2 unspecified atom stereocenters. The maximum absolute atomic E-state index is 11.6. The third-order valence-electron chi connectivity index (χ3n) is 2.84. The minimum Gasteiger partial charge on any atom is -0.376 e. The van der Waals surface area contributed by atoms with Crippen LogP contribution in [0.2, 0.25) is 0 Å². The van der Waals surface area contributed by atoms with Crippen molar-refractivity contribution >= 4 is 5.91 Å². The summed E-state index contributed by atoms with van der Waals surface area (Å²) in [7, 11) is 0. The predicted octanol–water partition coefficient (Wildman–Crippen LogP) is -0.872. The molecule has 2 aliphatic heterocycles. The number of hydrogen-bond donors (Lipinski definition) is 2. The molecule has 0 aromatic heterocycles. The van der Waals surface area contributed by atoms with E-state index < -0.39 is 6.10 Å². The molecule has 2 N–H and O–H groups in total. The highest BCUT2D eigenvalue weighted by Gasteiger charge is 2.23. The third kappa shape index (κ3) is 3.15. The number of nitrogens with one attached hydrogen (secondary N) is 2. The fourth-order valence-corrected chi connectivity index (χ4v) is 1.89. The Morgan fingerprint density at radius 1 is 1.47 bits per heavy atom. The first-order valence-electron chi connectivity index (χ1n) is 5.54. The Morgan fingerprint density at radius 3 is 3.07 bits per heavy atom. The Morgan fingerprint density at radius 2 is 2.40 bits per heavy atom. The predicted molar refractivity (Wildman–Crippen MR) is 54.5 cm³/mol. The van der Waals surface area contributed by atoms with Crippen LogP contribution in [0.5, 0.6) is 0 Å². The lowest BCUT2D eigenvalue weighted by Gasteiger charge is -2.22. The van der Waals surface area contributed by atoms with E-state index in [1.54, 1.807) is 0 Å². The Balaban J connectivity index is 1.66. The van der Waals surface area contributed by atoms with E-state index in [1.807, 2.05) is 0 Å². The second-order valence-corrected chi connectivity index (χ2v) is 4.04. The maximum Gasteiger partial charge on any atom is 0.251 e. The average Bonchev–Trinajstić information content (AvgIpc) is 2.80. The van der Waals surface area contributed by atoms with Crippen LogP contribution in [0, 0.1) is 5.92 Å². The van der Waals surface area contributed by atoms with Gasteiger partial charge in [0.2, 0.25) is 0 Å². The van der Waals surface area contributed by atoms with Crippen LogP contribution in [0.3, 0.4) is 0 Å². The van der Waals surface area contributed by atoms with Gasteiger partial charge in [0.05, 0.1) is 19.8 Å². The monoisotopic (exact) mass is 214 g/mol. The second kappa shape index (κ2) is 5.44. The van der Waals surface area contributed by atoms with Gasteiger partial charge in [-0.25, -0.2) is 0 Å². The fraction of sp³-hybridized carbons (Fsp3) is 0.900. The molecular formula is C10H18N2O3. The average molecular weight is 214 g/mol. The molecule has 86 valence electrons. The Labute approximate surface area is 89.5 Å². The van der Waals surface area contributed by atoms with Gasteiger partial charge >= 0.3 is 0 Å². The molecule has 0 aromatic rings. The van der Waals surface area contributed by atoms with Crippen molar-refractivity contribution in [3.63, 3.8) is 0 Å². The van der Waals surface area contributed by atoms with Crippen molar-refractivity contribution in [3.05, 3.63) is 0 Å². The molecule has 0 aliphatic carbocycles. The molecule has 0 radical (unpaired) electrons. The molecule has 1 amide bonds. The molecule has 0 bridgehead atoms. The Kier molecular flexibility index (Phi) is 3.94. The molecule has 5 heteroatoms. The van der Waals surface area contributed by atoms with Crippen molar-refractivity contribution in [1.29, 1.82) is 0 Å². The van der Waals surface area contributed by atoms with E-state index in [9.17, 15) is 4.79 Å². The highest BCUT2D eigenvalue weighted by Crippen LogP contribution is 2.06. The van der Waals surface area contributed by atoms with E-state index in [4.69, 9.17) is 9.47 Å². The van der Waals surface area contributed by atoms with Crippen LogP contribution in [-0.2, 0) is 14.3 Å². The van der Waals surface area contributed by atoms with Crippen LogP contribution in [0.25, 0.3) is 0 Å². The summed E-state index contributed by atoms with van der Waals surface area (Å²) >= 11 is 0. The van der Waals surface area contributed by atoms with Crippen LogP contribution in [0.4, 0.5) is 0 Å². The van der Waals surface area contributed by atoms with Gasteiger partial charge in [0.25, 0.3) is 5.91 Å².